The molecule has 1 unspecified atom stereocenters. The van der Waals surface area contributed by atoms with Crippen LogP contribution < -0.4 is 5.32 Å². The predicted molar refractivity (Wildman–Crippen MR) is 82.7 cm³/mol. The van der Waals surface area contributed by atoms with Gasteiger partial charge in [-0.1, -0.05) is 11.6 Å². The number of benzene rings is 1. The van der Waals surface area contributed by atoms with E-state index in [0.29, 0.717) is 5.02 Å². The molecular formula is C14H18BrClN2O. The van der Waals surface area contributed by atoms with E-state index in [1.54, 1.807) is 0 Å². The van der Waals surface area contributed by atoms with E-state index in [0.717, 1.165) is 36.1 Å². The van der Waals surface area contributed by atoms with Gasteiger partial charge in [0.1, 0.15) is 6.04 Å². The van der Waals surface area contributed by atoms with Gasteiger partial charge in [0, 0.05) is 23.2 Å². The molecule has 1 saturated heterocycles. The van der Waals surface area contributed by atoms with Gasteiger partial charge in [0.05, 0.1) is 5.02 Å². The van der Waals surface area contributed by atoms with Crippen LogP contribution in [-0.4, -0.2) is 29.9 Å². The monoisotopic (exact) mass is 344 g/mol. The molecule has 5 heteroatoms. The average molecular weight is 346 g/mol. The summed E-state index contributed by atoms with van der Waals surface area (Å²) in [7, 11) is 0. The number of piperidine rings is 1. The molecule has 1 amide bonds. The van der Waals surface area contributed by atoms with Crippen LogP contribution in [0.15, 0.2) is 22.7 Å². The second-order valence-electron chi connectivity index (χ2n) is 4.88. The van der Waals surface area contributed by atoms with E-state index < -0.39 is 0 Å². The van der Waals surface area contributed by atoms with Crippen LogP contribution in [0.4, 0.5) is 5.69 Å². The summed E-state index contributed by atoms with van der Waals surface area (Å²) in [5, 5.41) is 3.89. The fourth-order valence-electron chi connectivity index (χ4n) is 2.29. The number of hydrogen-bond donors (Lipinski definition) is 1. The Labute approximate surface area is 127 Å². The van der Waals surface area contributed by atoms with E-state index >= 15 is 0 Å². The minimum absolute atomic E-state index is 0.172. The summed E-state index contributed by atoms with van der Waals surface area (Å²) < 4.78 is 0.830. The van der Waals surface area contributed by atoms with Gasteiger partial charge in [-0.2, -0.15) is 0 Å². The number of hydrogen-bond acceptors (Lipinski definition) is 2. The summed E-state index contributed by atoms with van der Waals surface area (Å²) in [6, 6.07) is 5.37. The highest BCUT2D eigenvalue weighted by Crippen LogP contribution is 2.26. The molecule has 1 fully saturated rings. The van der Waals surface area contributed by atoms with Crippen molar-refractivity contribution in [3.05, 3.63) is 27.7 Å². The number of likely N-dealkylation sites (tertiary alicyclic amines) is 1. The summed E-state index contributed by atoms with van der Waals surface area (Å²) in [4.78, 5) is 14.2. The van der Waals surface area contributed by atoms with Gasteiger partial charge < -0.3 is 10.2 Å². The summed E-state index contributed by atoms with van der Waals surface area (Å²) in [5.74, 6) is 0.172. The molecule has 1 aromatic carbocycles. The van der Waals surface area contributed by atoms with Crippen molar-refractivity contribution in [2.24, 2.45) is 0 Å². The summed E-state index contributed by atoms with van der Waals surface area (Å²) >= 11 is 9.33. The third-order valence-electron chi connectivity index (χ3n) is 3.34. The Hall–Kier alpha value is -0.740. The van der Waals surface area contributed by atoms with Crippen molar-refractivity contribution in [3.8, 4) is 0 Å². The summed E-state index contributed by atoms with van der Waals surface area (Å²) in [5.41, 5.74) is 0.897. The Balaban J connectivity index is 1.97. The van der Waals surface area contributed by atoms with Gasteiger partial charge in [-0.25, -0.2) is 0 Å². The SMILES string of the molecule is CC(Nc1ccc(Cl)c(Br)c1)C(=O)N1CCCCC1. The van der Waals surface area contributed by atoms with Crippen molar-refractivity contribution < 1.29 is 4.79 Å². The molecule has 1 aliphatic rings. The largest absolute Gasteiger partial charge is 0.374 e. The maximum Gasteiger partial charge on any atom is 0.244 e. The van der Waals surface area contributed by atoms with Crippen molar-refractivity contribution in [2.45, 2.75) is 32.2 Å². The molecule has 104 valence electrons. The maximum absolute atomic E-state index is 12.3. The lowest BCUT2D eigenvalue weighted by molar-refractivity contribution is -0.132. The molecule has 19 heavy (non-hydrogen) atoms. The Morgan fingerprint density at radius 2 is 2.05 bits per heavy atom. The van der Waals surface area contributed by atoms with Gasteiger partial charge in [0.25, 0.3) is 0 Å². The van der Waals surface area contributed by atoms with Crippen molar-refractivity contribution in [1.82, 2.24) is 4.90 Å². The van der Waals surface area contributed by atoms with Crippen molar-refractivity contribution in [1.29, 1.82) is 0 Å². The lowest BCUT2D eigenvalue weighted by Gasteiger charge is -2.29. The first-order valence-corrected chi connectivity index (χ1v) is 7.75. The highest BCUT2D eigenvalue weighted by molar-refractivity contribution is 9.10. The molecule has 3 nitrogen and oxygen atoms in total. The second kappa shape index (κ2) is 6.62. The van der Waals surface area contributed by atoms with Crippen LogP contribution in [0.2, 0.25) is 5.02 Å². The summed E-state index contributed by atoms with van der Waals surface area (Å²) in [6.07, 6.45) is 3.46. The second-order valence-corrected chi connectivity index (χ2v) is 6.14. The standard InChI is InChI=1S/C14H18BrClN2O/c1-10(14(19)18-7-3-2-4-8-18)17-11-5-6-13(16)12(15)9-11/h5-6,9-10,17H,2-4,7-8H2,1H3. The Bertz CT molecular complexity index is 461. The fraction of sp³-hybridized carbons (Fsp3) is 0.500. The topological polar surface area (TPSA) is 32.3 Å². The molecule has 1 aromatic rings. The number of nitrogens with zero attached hydrogens (tertiary/aromatic N) is 1. The van der Waals surface area contributed by atoms with Crippen molar-refractivity contribution in [3.63, 3.8) is 0 Å². The van der Waals surface area contributed by atoms with E-state index in [1.807, 2.05) is 30.0 Å². The Morgan fingerprint density at radius 3 is 2.68 bits per heavy atom. The first kappa shape index (κ1) is 14.7. The van der Waals surface area contributed by atoms with E-state index in [1.165, 1.54) is 6.42 Å². The molecule has 1 atom stereocenters. The molecule has 1 N–H and O–H groups in total. The van der Waals surface area contributed by atoms with Gasteiger partial charge >= 0.3 is 0 Å². The van der Waals surface area contributed by atoms with Gasteiger partial charge in [-0.15, -0.1) is 0 Å². The smallest absolute Gasteiger partial charge is 0.244 e. The zero-order valence-corrected chi connectivity index (χ0v) is 13.3. The van der Waals surface area contributed by atoms with Crippen LogP contribution in [0.3, 0.4) is 0 Å². The molecular weight excluding hydrogens is 328 g/mol. The first-order valence-electron chi connectivity index (χ1n) is 6.58. The number of halogens is 2. The van der Waals surface area contributed by atoms with Crippen LogP contribution >= 0.6 is 27.5 Å². The van der Waals surface area contributed by atoms with Crippen LogP contribution in [0.5, 0.6) is 0 Å². The summed E-state index contributed by atoms with van der Waals surface area (Å²) in [6.45, 7) is 3.67. The molecule has 0 aromatic heterocycles. The van der Waals surface area contributed by atoms with Crippen LogP contribution in [0, 0.1) is 0 Å². The van der Waals surface area contributed by atoms with E-state index in [9.17, 15) is 4.79 Å². The minimum atomic E-state index is -0.217. The third-order valence-corrected chi connectivity index (χ3v) is 4.55. The molecule has 2 rings (SSSR count). The minimum Gasteiger partial charge on any atom is -0.374 e. The molecule has 0 radical (unpaired) electrons. The molecule has 0 bridgehead atoms. The first-order chi connectivity index (χ1) is 9.08. The van der Waals surface area contributed by atoms with Crippen LogP contribution in [0.1, 0.15) is 26.2 Å². The molecule has 0 saturated carbocycles. The normalized spacial score (nSPS) is 17.1. The molecule has 0 aliphatic carbocycles. The number of nitrogens with one attached hydrogen (secondary N) is 1. The van der Waals surface area contributed by atoms with Crippen molar-refractivity contribution >= 4 is 39.1 Å². The van der Waals surface area contributed by atoms with E-state index in [4.69, 9.17) is 11.6 Å². The van der Waals surface area contributed by atoms with Crippen LogP contribution in [0.25, 0.3) is 0 Å². The Morgan fingerprint density at radius 1 is 1.37 bits per heavy atom. The van der Waals surface area contributed by atoms with Gasteiger partial charge in [-0.3, -0.25) is 4.79 Å². The van der Waals surface area contributed by atoms with Gasteiger partial charge in [0.15, 0.2) is 0 Å². The highest BCUT2D eigenvalue weighted by Gasteiger charge is 2.21. The lowest BCUT2D eigenvalue weighted by atomic mass is 10.1. The quantitative estimate of drug-likeness (QED) is 0.900. The van der Waals surface area contributed by atoms with E-state index in [2.05, 4.69) is 21.2 Å². The highest BCUT2D eigenvalue weighted by atomic mass is 79.9. The molecule has 0 spiro atoms. The number of carbonyl (C=O) groups is 1. The fourth-order valence-corrected chi connectivity index (χ4v) is 2.78. The molecule has 1 aliphatic heterocycles. The van der Waals surface area contributed by atoms with Crippen molar-refractivity contribution in [2.75, 3.05) is 18.4 Å². The maximum atomic E-state index is 12.3. The Kier molecular flexibility index (Phi) is 5.11. The molecule has 1 heterocycles. The number of amides is 1. The number of rotatable bonds is 3. The van der Waals surface area contributed by atoms with Gasteiger partial charge in [0.2, 0.25) is 5.91 Å². The predicted octanol–water partition coefficient (Wildman–Crippen LogP) is 3.92. The number of anilines is 1. The third kappa shape index (κ3) is 3.86. The zero-order valence-electron chi connectivity index (χ0n) is 11.0. The van der Waals surface area contributed by atoms with E-state index in [-0.39, 0.29) is 11.9 Å². The van der Waals surface area contributed by atoms with Gasteiger partial charge in [-0.05, 0) is 60.3 Å². The zero-order chi connectivity index (χ0) is 13.8. The number of carbonyl (C=O) groups excluding carboxylic acids is 1. The lowest BCUT2D eigenvalue weighted by Crippen LogP contribution is -2.43. The van der Waals surface area contributed by atoms with Crippen LogP contribution in [-0.2, 0) is 4.79 Å². The average Bonchev–Trinajstić information content (AvgIpc) is 2.43.